The summed E-state index contributed by atoms with van der Waals surface area (Å²) in [5.74, 6) is 0.0143. The molecule has 0 aliphatic heterocycles. The van der Waals surface area contributed by atoms with Crippen LogP contribution in [0.25, 0.3) is 0 Å². The molecule has 100 valence electrons. The molecule has 1 aromatic rings. The van der Waals surface area contributed by atoms with Crippen molar-refractivity contribution >= 4 is 5.97 Å². The van der Waals surface area contributed by atoms with Crippen LogP contribution in [0.15, 0.2) is 24.3 Å². The Morgan fingerprint density at radius 1 is 1.28 bits per heavy atom. The van der Waals surface area contributed by atoms with E-state index >= 15 is 0 Å². The van der Waals surface area contributed by atoms with Gasteiger partial charge in [0, 0.05) is 0 Å². The van der Waals surface area contributed by atoms with E-state index in [2.05, 4.69) is 19.1 Å². The summed E-state index contributed by atoms with van der Waals surface area (Å²) in [5, 5.41) is 8.98. The Balaban J connectivity index is 2.42. The molecular weight excluding hydrogens is 228 g/mol. The minimum absolute atomic E-state index is 0.423. The lowest BCUT2D eigenvalue weighted by molar-refractivity contribution is -0.147. The average Bonchev–Trinajstić information content (AvgIpc) is 2.31. The van der Waals surface area contributed by atoms with Crippen molar-refractivity contribution in [3.8, 4) is 5.75 Å². The molecule has 0 aliphatic rings. The molecule has 0 unspecified atom stereocenters. The summed E-state index contributed by atoms with van der Waals surface area (Å²) in [6, 6.07) is 8.00. The number of rotatable bonds is 7. The molecule has 0 radical (unpaired) electrons. The lowest BCUT2D eigenvalue weighted by Gasteiger charge is -2.18. The molecule has 0 aliphatic carbocycles. The van der Waals surface area contributed by atoms with Crippen LogP contribution in [-0.4, -0.2) is 17.7 Å². The molecule has 0 bridgehead atoms. The van der Waals surface area contributed by atoms with Gasteiger partial charge in [0.1, 0.15) is 5.75 Å². The third-order valence-corrected chi connectivity index (χ3v) is 3.04. The third kappa shape index (κ3) is 4.40. The summed E-state index contributed by atoms with van der Waals surface area (Å²) < 4.78 is 5.56. The molecule has 0 saturated heterocycles. The Morgan fingerprint density at radius 2 is 1.89 bits per heavy atom. The monoisotopic (exact) mass is 250 g/mol. The molecule has 0 fully saturated rings. The van der Waals surface area contributed by atoms with E-state index in [1.807, 2.05) is 12.1 Å². The normalized spacial score (nSPS) is 11.3. The first-order chi connectivity index (χ1) is 8.45. The summed E-state index contributed by atoms with van der Waals surface area (Å²) in [4.78, 5) is 10.9. The Hall–Kier alpha value is -1.51. The third-order valence-electron chi connectivity index (χ3n) is 3.04. The number of hydrogen-bond donors (Lipinski definition) is 1. The zero-order valence-electron chi connectivity index (χ0n) is 11.4. The minimum atomic E-state index is -0.788. The Bertz CT molecular complexity index is 379. The smallest absolute Gasteiger partial charge is 0.309 e. The van der Waals surface area contributed by atoms with E-state index in [0.29, 0.717) is 13.0 Å². The molecule has 1 rings (SSSR count). The second-order valence-corrected chi connectivity index (χ2v) is 5.18. The molecule has 18 heavy (non-hydrogen) atoms. The second-order valence-electron chi connectivity index (χ2n) is 5.18. The largest absolute Gasteiger partial charge is 0.494 e. The quantitative estimate of drug-likeness (QED) is 0.805. The molecule has 0 heterocycles. The van der Waals surface area contributed by atoms with Gasteiger partial charge in [-0.1, -0.05) is 25.5 Å². The van der Waals surface area contributed by atoms with Crippen molar-refractivity contribution in [1.82, 2.24) is 0 Å². The van der Waals surface area contributed by atoms with Gasteiger partial charge in [0.05, 0.1) is 12.0 Å². The predicted octanol–water partition coefficient (Wildman–Crippen LogP) is 3.52. The molecule has 1 N–H and O–H groups in total. The van der Waals surface area contributed by atoms with E-state index in [-0.39, 0.29) is 0 Å². The zero-order chi connectivity index (χ0) is 13.6. The van der Waals surface area contributed by atoms with Crippen LogP contribution < -0.4 is 4.74 Å². The summed E-state index contributed by atoms with van der Waals surface area (Å²) in [6.45, 7) is 6.00. The average molecular weight is 250 g/mol. The predicted molar refractivity (Wildman–Crippen MR) is 72.0 cm³/mol. The number of aryl methyl sites for hydroxylation is 1. The first-order valence-corrected chi connectivity index (χ1v) is 6.41. The van der Waals surface area contributed by atoms with Gasteiger partial charge in [-0.05, 0) is 44.4 Å². The summed E-state index contributed by atoms with van der Waals surface area (Å²) in [5.41, 5.74) is 0.568. The maximum absolute atomic E-state index is 10.9. The van der Waals surface area contributed by atoms with Crippen LogP contribution in [0, 0.1) is 5.41 Å². The van der Waals surface area contributed by atoms with Crippen molar-refractivity contribution in [2.24, 2.45) is 5.41 Å². The van der Waals surface area contributed by atoms with E-state index in [0.717, 1.165) is 18.6 Å². The molecular formula is C15H22O3. The van der Waals surface area contributed by atoms with Crippen LogP contribution in [0.2, 0.25) is 0 Å². The fourth-order valence-electron chi connectivity index (χ4n) is 1.57. The van der Waals surface area contributed by atoms with Gasteiger partial charge in [0.2, 0.25) is 0 Å². The van der Waals surface area contributed by atoms with Crippen LogP contribution in [0.4, 0.5) is 0 Å². The van der Waals surface area contributed by atoms with Crippen molar-refractivity contribution < 1.29 is 14.6 Å². The summed E-state index contributed by atoms with van der Waals surface area (Å²) >= 11 is 0. The summed E-state index contributed by atoms with van der Waals surface area (Å²) in [6.07, 6.45) is 2.71. The maximum atomic E-state index is 10.9. The lowest BCUT2D eigenvalue weighted by atomic mass is 9.90. The highest BCUT2D eigenvalue weighted by Crippen LogP contribution is 2.21. The Morgan fingerprint density at radius 3 is 2.39 bits per heavy atom. The van der Waals surface area contributed by atoms with Gasteiger partial charge in [0.15, 0.2) is 0 Å². The molecule has 3 heteroatoms. The zero-order valence-corrected chi connectivity index (χ0v) is 11.4. The second kappa shape index (κ2) is 6.43. The number of benzene rings is 1. The van der Waals surface area contributed by atoms with Crippen LogP contribution in [0.5, 0.6) is 5.75 Å². The molecule has 0 amide bonds. The highest BCUT2D eigenvalue weighted by molar-refractivity contribution is 5.73. The molecule has 0 spiro atoms. The van der Waals surface area contributed by atoms with Crippen LogP contribution in [-0.2, 0) is 11.2 Å². The summed E-state index contributed by atoms with van der Waals surface area (Å²) in [7, 11) is 0. The van der Waals surface area contributed by atoms with Crippen molar-refractivity contribution in [2.75, 3.05) is 6.61 Å². The van der Waals surface area contributed by atoms with Crippen molar-refractivity contribution in [1.29, 1.82) is 0 Å². The van der Waals surface area contributed by atoms with Gasteiger partial charge in [0.25, 0.3) is 0 Å². The Labute approximate surface area is 109 Å². The van der Waals surface area contributed by atoms with Gasteiger partial charge in [-0.2, -0.15) is 0 Å². The number of carbonyl (C=O) groups is 1. The SMILES string of the molecule is CCCc1ccc(OCCC(C)(C)C(=O)O)cc1. The van der Waals surface area contributed by atoms with Crippen molar-refractivity contribution in [3.05, 3.63) is 29.8 Å². The first kappa shape index (κ1) is 14.6. The van der Waals surface area contributed by atoms with Gasteiger partial charge in [-0.3, -0.25) is 4.79 Å². The number of carboxylic acids is 1. The van der Waals surface area contributed by atoms with Crippen LogP contribution in [0.1, 0.15) is 39.2 Å². The highest BCUT2D eigenvalue weighted by Gasteiger charge is 2.26. The van der Waals surface area contributed by atoms with E-state index < -0.39 is 11.4 Å². The van der Waals surface area contributed by atoms with Crippen LogP contribution in [0.3, 0.4) is 0 Å². The van der Waals surface area contributed by atoms with E-state index in [1.54, 1.807) is 13.8 Å². The van der Waals surface area contributed by atoms with Gasteiger partial charge in [-0.25, -0.2) is 0 Å². The number of hydrogen-bond acceptors (Lipinski definition) is 2. The van der Waals surface area contributed by atoms with E-state index in [1.165, 1.54) is 5.56 Å². The maximum Gasteiger partial charge on any atom is 0.309 e. The number of ether oxygens (including phenoxy) is 1. The van der Waals surface area contributed by atoms with Crippen molar-refractivity contribution in [3.63, 3.8) is 0 Å². The first-order valence-electron chi connectivity index (χ1n) is 6.41. The van der Waals surface area contributed by atoms with Crippen molar-refractivity contribution in [2.45, 2.75) is 40.0 Å². The van der Waals surface area contributed by atoms with E-state index in [9.17, 15) is 4.79 Å². The molecule has 3 nitrogen and oxygen atoms in total. The van der Waals surface area contributed by atoms with Gasteiger partial charge >= 0.3 is 5.97 Å². The van der Waals surface area contributed by atoms with Gasteiger partial charge in [-0.15, -0.1) is 0 Å². The molecule has 0 aromatic heterocycles. The molecule has 0 atom stereocenters. The fraction of sp³-hybridized carbons (Fsp3) is 0.533. The highest BCUT2D eigenvalue weighted by atomic mass is 16.5. The topological polar surface area (TPSA) is 46.5 Å². The van der Waals surface area contributed by atoms with Gasteiger partial charge < -0.3 is 9.84 Å². The number of aliphatic carboxylic acids is 1. The Kier molecular flexibility index (Phi) is 5.20. The van der Waals surface area contributed by atoms with E-state index in [4.69, 9.17) is 9.84 Å². The number of carboxylic acid groups (broad SMARTS) is 1. The van der Waals surface area contributed by atoms with Crippen LogP contribution >= 0.6 is 0 Å². The molecule has 0 saturated carbocycles. The standard InChI is InChI=1S/C15H22O3/c1-4-5-12-6-8-13(9-7-12)18-11-10-15(2,3)14(16)17/h6-9H,4-5,10-11H2,1-3H3,(H,16,17). The minimum Gasteiger partial charge on any atom is -0.494 e. The fourth-order valence-corrected chi connectivity index (χ4v) is 1.57. The lowest BCUT2D eigenvalue weighted by Crippen LogP contribution is -2.25. The molecule has 1 aromatic carbocycles.